The molecule has 17 heavy (non-hydrogen) atoms. The molecule has 2 rings (SSSR count). The van der Waals surface area contributed by atoms with Crippen molar-refractivity contribution in [3.8, 4) is 0 Å². The monoisotopic (exact) mass is 345 g/mol. The summed E-state index contributed by atoms with van der Waals surface area (Å²) in [5, 5.41) is 2.94. The van der Waals surface area contributed by atoms with Crippen molar-refractivity contribution < 1.29 is 4.79 Å². The Labute approximate surface area is 115 Å². The number of hydrogen-bond acceptors (Lipinski definition) is 3. The molecule has 0 bridgehead atoms. The summed E-state index contributed by atoms with van der Waals surface area (Å²) in [5.41, 5.74) is 0.792. The Morgan fingerprint density at radius 2 is 2.18 bits per heavy atom. The van der Waals surface area contributed by atoms with Gasteiger partial charge in [0.2, 0.25) is 5.91 Å². The maximum atomic E-state index is 12.0. The van der Waals surface area contributed by atoms with Gasteiger partial charge in [0.25, 0.3) is 0 Å². The molecule has 2 heterocycles. The number of halogens is 1. The van der Waals surface area contributed by atoms with Crippen LogP contribution in [0, 0.1) is 9.49 Å². The number of hydrogen-bond donors (Lipinski definition) is 1. The van der Waals surface area contributed by atoms with Gasteiger partial charge < -0.3 is 10.2 Å². The van der Waals surface area contributed by atoms with E-state index in [4.69, 9.17) is 0 Å². The highest BCUT2D eigenvalue weighted by molar-refractivity contribution is 14.1. The quantitative estimate of drug-likeness (QED) is 0.834. The van der Waals surface area contributed by atoms with Gasteiger partial charge in [-0.25, -0.2) is 0 Å². The zero-order valence-electron chi connectivity index (χ0n) is 9.82. The van der Waals surface area contributed by atoms with E-state index in [1.807, 2.05) is 6.07 Å². The van der Waals surface area contributed by atoms with E-state index in [1.165, 1.54) is 0 Å². The Balaban J connectivity index is 1.93. The number of nitrogens with one attached hydrogen (secondary N) is 1. The molecule has 1 aliphatic heterocycles. The van der Waals surface area contributed by atoms with Crippen molar-refractivity contribution in [2.45, 2.75) is 12.8 Å². The van der Waals surface area contributed by atoms with E-state index in [0.717, 1.165) is 35.2 Å². The van der Waals surface area contributed by atoms with E-state index < -0.39 is 0 Å². The summed E-state index contributed by atoms with van der Waals surface area (Å²) < 4.78 is 1.03. The first-order chi connectivity index (χ1) is 8.15. The minimum atomic E-state index is 0.127. The first-order valence-electron chi connectivity index (χ1n) is 5.75. The van der Waals surface area contributed by atoms with Crippen molar-refractivity contribution in [1.29, 1.82) is 0 Å². The first-order valence-corrected chi connectivity index (χ1v) is 6.83. The number of anilines is 1. The van der Waals surface area contributed by atoms with Gasteiger partial charge in [-0.15, -0.1) is 0 Å². The van der Waals surface area contributed by atoms with Crippen molar-refractivity contribution in [3.63, 3.8) is 0 Å². The second kappa shape index (κ2) is 5.77. The number of rotatable bonds is 2. The molecular weight excluding hydrogens is 329 g/mol. The van der Waals surface area contributed by atoms with Gasteiger partial charge >= 0.3 is 0 Å². The summed E-state index contributed by atoms with van der Waals surface area (Å²) in [7, 11) is 2.09. The minimum absolute atomic E-state index is 0.127. The Hall–Kier alpha value is -0.690. The van der Waals surface area contributed by atoms with Crippen LogP contribution >= 0.6 is 22.6 Å². The lowest BCUT2D eigenvalue weighted by Crippen LogP contribution is -2.35. The van der Waals surface area contributed by atoms with Crippen LogP contribution in [0.2, 0.25) is 0 Å². The smallest absolute Gasteiger partial charge is 0.227 e. The van der Waals surface area contributed by atoms with Crippen molar-refractivity contribution in [3.05, 3.63) is 22.0 Å². The molecule has 1 aliphatic rings. The molecule has 1 N–H and O–H groups in total. The highest BCUT2D eigenvalue weighted by Gasteiger charge is 2.23. The molecule has 5 heteroatoms. The van der Waals surface area contributed by atoms with Crippen LogP contribution in [0.4, 0.5) is 5.69 Å². The molecule has 0 spiro atoms. The predicted octanol–water partition coefficient (Wildman–Crippen LogP) is 1.97. The maximum absolute atomic E-state index is 12.0. The van der Waals surface area contributed by atoms with Gasteiger partial charge in [-0.3, -0.25) is 9.78 Å². The van der Waals surface area contributed by atoms with E-state index >= 15 is 0 Å². The van der Waals surface area contributed by atoms with Gasteiger partial charge in [-0.2, -0.15) is 0 Å². The molecule has 0 atom stereocenters. The van der Waals surface area contributed by atoms with E-state index in [2.05, 4.69) is 44.8 Å². The SMILES string of the molecule is CN1CCC(C(=O)Nc2cncc(I)c2)CC1. The summed E-state index contributed by atoms with van der Waals surface area (Å²) in [6.07, 6.45) is 5.35. The Kier molecular flexibility index (Phi) is 4.33. The molecular formula is C12H16IN3O. The summed E-state index contributed by atoms with van der Waals surface area (Å²) in [5.74, 6) is 0.269. The highest BCUT2D eigenvalue weighted by atomic mass is 127. The van der Waals surface area contributed by atoms with E-state index in [1.54, 1.807) is 12.4 Å². The van der Waals surface area contributed by atoms with Crippen LogP contribution in [0.5, 0.6) is 0 Å². The van der Waals surface area contributed by atoms with Crippen LogP contribution in [0.25, 0.3) is 0 Å². The van der Waals surface area contributed by atoms with E-state index in [9.17, 15) is 4.79 Å². The largest absolute Gasteiger partial charge is 0.324 e. The molecule has 0 radical (unpaired) electrons. The molecule has 0 saturated carbocycles. The number of aromatic nitrogens is 1. The van der Waals surface area contributed by atoms with Crippen LogP contribution in [0.3, 0.4) is 0 Å². The molecule has 0 aromatic carbocycles. The van der Waals surface area contributed by atoms with Crippen molar-refractivity contribution in [1.82, 2.24) is 9.88 Å². The van der Waals surface area contributed by atoms with E-state index in [-0.39, 0.29) is 11.8 Å². The molecule has 1 fully saturated rings. The second-order valence-corrected chi connectivity index (χ2v) is 5.70. The standard InChI is InChI=1S/C12H16IN3O/c1-16-4-2-9(3-5-16)12(17)15-11-6-10(13)7-14-8-11/h6-9H,2-5H2,1H3,(H,15,17). The number of carbonyl (C=O) groups excluding carboxylic acids is 1. The van der Waals surface area contributed by atoms with E-state index in [0.29, 0.717) is 0 Å². The molecule has 1 aromatic heterocycles. The number of pyridine rings is 1. The summed E-state index contributed by atoms with van der Waals surface area (Å²) in [6, 6.07) is 1.93. The fraction of sp³-hybridized carbons (Fsp3) is 0.500. The van der Waals surface area contributed by atoms with Crippen LogP contribution < -0.4 is 5.32 Å². The molecule has 0 unspecified atom stereocenters. The second-order valence-electron chi connectivity index (χ2n) is 4.46. The number of amides is 1. The fourth-order valence-electron chi connectivity index (χ4n) is 2.00. The summed E-state index contributed by atoms with van der Waals surface area (Å²) in [4.78, 5) is 18.4. The number of nitrogens with zero attached hydrogens (tertiary/aromatic N) is 2. The van der Waals surface area contributed by atoms with Gasteiger partial charge in [0.05, 0.1) is 11.9 Å². The maximum Gasteiger partial charge on any atom is 0.227 e. The number of carbonyl (C=O) groups is 1. The van der Waals surface area contributed by atoms with Crippen LogP contribution in [-0.4, -0.2) is 35.9 Å². The summed E-state index contributed by atoms with van der Waals surface area (Å²) in [6.45, 7) is 2.01. The van der Waals surface area contributed by atoms with Crippen LogP contribution in [0.15, 0.2) is 18.5 Å². The van der Waals surface area contributed by atoms with Gasteiger partial charge in [-0.1, -0.05) is 0 Å². The molecule has 4 nitrogen and oxygen atoms in total. The zero-order chi connectivity index (χ0) is 12.3. The highest BCUT2D eigenvalue weighted by Crippen LogP contribution is 2.18. The molecule has 1 amide bonds. The topological polar surface area (TPSA) is 45.2 Å². The summed E-state index contributed by atoms with van der Waals surface area (Å²) >= 11 is 2.19. The predicted molar refractivity (Wildman–Crippen MR) is 75.8 cm³/mol. The lowest BCUT2D eigenvalue weighted by atomic mass is 9.96. The van der Waals surface area contributed by atoms with Crippen molar-refractivity contribution in [2.24, 2.45) is 5.92 Å². The van der Waals surface area contributed by atoms with Crippen molar-refractivity contribution >= 4 is 34.2 Å². The van der Waals surface area contributed by atoms with Gasteiger partial charge in [0, 0.05) is 15.7 Å². The molecule has 1 aromatic rings. The Morgan fingerprint density at radius 3 is 2.82 bits per heavy atom. The van der Waals surface area contributed by atoms with Gasteiger partial charge in [0.15, 0.2) is 0 Å². The Morgan fingerprint density at radius 1 is 1.47 bits per heavy atom. The lowest BCUT2D eigenvalue weighted by molar-refractivity contribution is -0.121. The first kappa shape index (κ1) is 12.8. The average molecular weight is 345 g/mol. The van der Waals surface area contributed by atoms with Gasteiger partial charge in [0.1, 0.15) is 0 Å². The fourth-order valence-corrected chi connectivity index (χ4v) is 2.49. The average Bonchev–Trinajstić information content (AvgIpc) is 2.29. The normalized spacial score (nSPS) is 18.0. The number of likely N-dealkylation sites (tertiary alicyclic amines) is 1. The molecule has 0 aliphatic carbocycles. The van der Waals surface area contributed by atoms with Crippen molar-refractivity contribution in [2.75, 3.05) is 25.5 Å². The molecule has 1 saturated heterocycles. The third-order valence-corrected chi connectivity index (χ3v) is 3.65. The van der Waals surface area contributed by atoms with Gasteiger partial charge in [-0.05, 0) is 61.6 Å². The lowest BCUT2D eigenvalue weighted by Gasteiger charge is -2.27. The zero-order valence-corrected chi connectivity index (χ0v) is 12.0. The van der Waals surface area contributed by atoms with Crippen LogP contribution in [0.1, 0.15) is 12.8 Å². The minimum Gasteiger partial charge on any atom is -0.324 e. The third kappa shape index (κ3) is 3.64. The molecule has 92 valence electrons. The third-order valence-electron chi connectivity index (χ3n) is 3.06. The van der Waals surface area contributed by atoms with Crippen LogP contribution in [-0.2, 0) is 4.79 Å². The Bertz CT molecular complexity index is 402. The number of piperidine rings is 1.